The molecule has 0 fully saturated rings. The normalized spacial score (nSPS) is 11.6. The summed E-state index contributed by atoms with van der Waals surface area (Å²) in [7, 11) is -3.95. The number of carbonyl (C=O) groups is 1. The molecule has 0 saturated carbocycles. The lowest BCUT2D eigenvalue weighted by Crippen LogP contribution is -2.31. The van der Waals surface area contributed by atoms with Crippen molar-refractivity contribution in [1.29, 1.82) is 0 Å². The molecule has 0 aliphatic carbocycles. The number of aromatic carboxylic acids is 1. The Morgan fingerprint density at radius 3 is 2.44 bits per heavy atom. The number of sulfonamides is 1. The lowest BCUT2D eigenvalue weighted by molar-refractivity contribution is 0.0695. The molecule has 0 aliphatic heterocycles. The van der Waals surface area contributed by atoms with Crippen molar-refractivity contribution in [3.63, 3.8) is 0 Å². The summed E-state index contributed by atoms with van der Waals surface area (Å²) in [5.41, 5.74) is 2.81. The quantitative estimate of drug-likeness (QED) is 0.392. The van der Waals surface area contributed by atoms with E-state index in [0.717, 1.165) is 15.3 Å². The molecule has 4 rings (SSSR count). The molecule has 4 aromatic rings. The zero-order chi connectivity index (χ0) is 22.9. The summed E-state index contributed by atoms with van der Waals surface area (Å²) in [6.45, 7) is 3.78. The Bertz CT molecular complexity index is 1400. The summed E-state index contributed by atoms with van der Waals surface area (Å²) in [5, 5.41) is 10.4. The summed E-state index contributed by atoms with van der Waals surface area (Å²) in [6.07, 6.45) is 0.504. The highest BCUT2D eigenvalue weighted by Gasteiger charge is 2.26. The third kappa shape index (κ3) is 3.99. The molecule has 1 N–H and O–H groups in total. The number of aryl methyl sites for hydroxylation is 1. The van der Waals surface area contributed by atoms with Gasteiger partial charge in [0.2, 0.25) is 0 Å². The van der Waals surface area contributed by atoms with E-state index in [9.17, 15) is 18.3 Å². The van der Waals surface area contributed by atoms with Crippen molar-refractivity contribution in [2.24, 2.45) is 0 Å². The fraction of sp³-hybridized carbons (Fsp3) is 0.167. The number of hydrogen-bond acceptors (Lipinski definition) is 5. The van der Waals surface area contributed by atoms with Crippen molar-refractivity contribution in [1.82, 2.24) is 4.98 Å². The van der Waals surface area contributed by atoms with Gasteiger partial charge in [0.1, 0.15) is 5.01 Å². The van der Waals surface area contributed by atoms with Gasteiger partial charge in [-0.1, -0.05) is 43.3 Å². The monoisotopic (exact) mass is 466 g/mol. The summed E-state index contributed by atoms with van der Waals surface area (Å²) in [6, 6.07) is 19.5. The maximum absolute atomic E-state index is 13.4. The minimum Gasteiger partial charge on any atom is -0.478 e. The van der Waals surface area contributed by atoms with Crippen LogP contribution in [0.2, 0.25) is 0 Å². The Kier molecular flexibility index (Phi) is 5.99. The zero-order valence-electron chi connectivity index (χ0n) is 17.6. The molecular formula is C24H22N2O4S2. The molecule has 0 bridgehead atoms. The van der Waals surface area contributed by atoms with E-state index < -0.39 is 16.0 Å². The van der Waals surface area contributed by atoms with E-state index in [1.807, 2.05) is 43.3 Å². The number of fused-ring (bicyclic) bond motifs is 1. The van der Waals surface area contributed by atoms with Crippen LogP contribution < -0.4 is 4.31 Å². The van der Waals surface area contributed by atoms with Crippen LogP contribution in [0.1, 0.15) is 29.8 Å². The van der Waals surface area contributed by atoms with E-state index in [-0.39, 0.29) is 17.0 Å². The van der Waals surface area contributed by atoms with Crippen molar-refractivity contribution in [3.8, 4) is 10.6 Å². The second-order valence-corrected chi connectivity index (χ2v) is 10.1. The molecule has 0 unspecified atom stereocenters. The first-order valence-electron chi connectivity index (χ1n) is 10.2. The van der Waals surface area contributed by atoms with Crippen LogP contribution in [0, 0.1) is 0 Å². The molecule has 3 aromatic carbocycles. The third-order valence-electron chi connectivity index (χ3n) is 5.25. The van der Waals surface area contributed by atoms with Crippen LogP contribution in [0.15, 0.2) is 71.6 Å². The Hall–Kier alpha value is -3.23. The molecule has 0 radical (unpaired) electrons. The summed E-state index contributed by atoms with van der Waals surface area (Å²) in [5.74, 6) is -1.14. The number of anilines is 1. The second kappa shape index (κ2) is 8.72. The largest absolute Gasteiger partial charge is 0.478 e. The van der Waals surface area contributed by atoms with Gasteiger partial charge < -0.3 is 5.11 Å². The van der Waals surface area contributed by atoms with E-state index in [1.165, 1.54) is 16.4 Å². The molecule has 1 heterocycles. The second-order valence-electron chi connectivity index (χ2n) is 7.18. The molecule has 6 nitrogen and oxygen atoms in total. The predicted octanol–water partition coefficient (Wildman–Crippen LogP) is 5.44. The molecule has 1 aromatic heterocycles. The van der Waals surface area contributed by atoms with Crippen LogP contribution >= 0.6 is 11.3 Å². The van der Waals surface area contributed by atoms with E-state index in [4.69, 9.17) is 4.98 Å². The standard InChI is InChI=1S/C24H22N2O4S2/c1-3-16-10-12-19(15-20(16)24(27)28)32(29,30)26(4-2)18-11-13-22-21(14-18)25-23(31-22)17-8-6-5-7-9-17/h5-15H,3-4H2,1-2H3,(H,27,28). The first kappa shape index (κ1) is 22.0. The van der Waals surface area contributed by atoms with Crippen molar-refractivity contribution in [3.05, 3.63) is 77.9 Å². The molecule has 164 valence electrons. The van der Waals surface area contributed by atoms with Gasteiger partial charge >= 0.3 is 5.97 Å². The van der Waals surface area contributed by atoms with Gasteiger partial charge in [0.15, 0.2) is 0 Å². The predicted molar refractivity (Wildman–Crippen MR) is 128 cm³/mol. The van der Waals surface area contributed by atoms with Crippen molar-refractivity contribution < 1.29 is 18.3 Å². The van der Waals surface area contributed by atoms with Crippen LogP contribution in [0.5, 0.6) is 0 Å². The molecule has 0 saturated heterocycles. The molecule has 0 spiro atoms. The van der Waals surface area contributed by atoms with Gasteiger partial charge in [-0.15, -0.1) is 11.3 Å². The highest BCUT2D eigenvalue weighted by molar-refractivity contribution is 7.92. The van der Waals surface area contributed by atoms with Crippen molar-refractivity contribution in [2.75, 3.05) is 10.8 Å². The number of nitrogens with zero attached hydrogens (tertiary/aromatic N) is 2. The van der Waals surface area contributed by atoms with Gasteiger partial charge in [0.25, 0.3) is 10.0 Å². The smallest absolute Gasteiger partial charge is 0.336 e. The van der Waals surface area contributed by atoms with E-state index in [2.05, 4.69) is 0 Å². The van der Waals surface area contributed by atoms with Crippen LogP contribution in [0.4, 0.5) is 5.69 Å². The molecule has 0 aliphatic rings. The Morgan fingerprint density at radius 2 is 1.78 bits per heavy atom. The van der Waals surface area contributed by atoms with Crippen molar-refractivity contribution in [2.45, 2.75) is 25.2 Å². The number of carboxylic acids is 1. The van der Waals surface area contributed by atoms with Gasteiger partial charge in [0, 0.05) is 12.1 Å². The SMILES string of the molecule is CCc1ccc(S(=O)(=O)N(CC)c2ccc3sc(-c4ccccc4)nc3c2)cc1C(=O)O. The Labute approximate surface area is 190 Å². The number of aromatic nitrogens is 1. The van der Waals surface area contributed by atoms with Gasteiger partial charge in [-0.2, -0.15) is 0 Å². The highest BCUT2D eigenvalue weighted by atomic mass is 32.2. The van der Waals surface area contributed by atoms with Crippen LogP contribution in [0.25, 0.3) is 20.8 Å². The minimum absolute atomic E-state index is 0.00656. The summed E-state index contributed by atoms with van der Waals surface area (Å²) >= 11 is 1.55. The van der Waals surface area contributed by atoms with E-state index >= 15 is 0 Å². The van der Waals surface area contributed by atoms with E-state index in [0.29, 0.717) is 23.2 Å². The fourth-order valence-electron chi connectivity index (χ4n) is 3.62. The van der Waals surface area contributed by atoms with Crippen LogP contribution in [-0.2, 0) is 16.4 Å². The first-order chi connectivity index (χ1) is 15.3. The average Bonchev–Trinajstić information content (AvgIpc) is 3.23. The number of thiazole rings is 1. The summed E-state index contributed by atoms with van der Waals surface area (Å²) in [4.78, 5) is 16.3. The maximum Gasteiger partial charge on any atom is 0.336 e. The highest BCUT2D eigenvalue weighted by Crippen LogP contribution is 2.34. The van der Waals surface area contributed by atoms with Crippen LogP contribution in [-0.4, -0.2) is 31.0 Å². The minimum atomic E-state index is -3.95. The van der Waals surface area contributed by atoms with Gasteiger partial charge in [-0.3, -0.25) is 4.31 Å². The van der Waals surface area contributed by atoms with Gasteiger partial charge in [-0.05, 0) is 49.2 Å². The number of hydrogen-bond donors (Lipinski definition) is 1. The molecule has 0 amide bonds. The lowest BCUT2D eigenvalue weighted by Gasteiger charge is -2.23. The lowest BCUT2D eigenvalue weighted by atomic mass is 10.1. The van der Waals surface area contributed by atoms with Crippen molar-refractivity contribution >= 4 is 43.2 Å². The Balaban J connectivity index is 1.76. The number of benzene rings is 3. The Morgan fingerprint density at radius 1 is 1.03 bits per heavy atom. The first-order valence-corrected chi connectivity index (χ1v) is 12.5. The van der Waals surface area contributed by atoms with Crippen LogP contribution in [0.3, 0.4) is 0 Å². The maximum atomic E-state index is 13.4. The topological polar surface area (TPSA) is 87.6 Å². The fourth-order valence-corrected chi connectivity index (χ4v) is 6.06. The number of rotatable bonds is 7. The van der Waals surface area contributed by atoms with Gasteiger partial charge in [-0.25, -0.2) is 18.2 Å². The zero-order valence-corrected chi connectivity index (χ0v) is 19.3. The molecule has 8 heteroatoms. The average molecular weight is 467 g/mol. The summed E-state index contributed by atoms with van der Waals surface area (Å²) < 4.78 is 29.1. The molecule has 0 atom stereocenters. The number of carboxylic acid groups (broad SMARTS) is 1. The van der Waals surface area contributed by atoms with E-state index in [1.54, 1.807) is 36.5 Å². The third-order valence-corrected chi connectivity index (χ3v) is 8.23. The van der Waals surface area contributed by atoms with Gasteiger partial charge in [0.05, 0.1) is 26.4 Å². The molecule has 32 heavy (non-hydrogen) atoms. The molecular weight excluding hydrogens is 444 g/mol.